The lowest BCUT2D eigenvalue weighted by Crippen LogP contribution is -2.05. The molecule has 2 unspecified atom stereocenters. The first-order valence-corrected chi connectivity index (χ1v) is 7.82. The van der Waals surface area contributed by atoms with Crippen molar-refractivity contribution in [2.45, 2.75) is 4.86 Å². The molecule has 0 amide bonds. The predicted octanol–water partition coefficient (Wildman–Crippen LogP) is 1.28. The van der Waals surface area contributed by atoms with E-state index in [1.807, 2.05) is 0 Å². The van der Waals surface area contributed by atoms with E-state index in [0.29, 0.717) is 0 Å². The minimum Gasteiger partial charge on any atom is -0.323 e. The highest BCUT2D eigenvalue weighted by molar-refractivity contribution is 9.09. The maximum Gasteiger partial charge on any atom is 0.358 e. The Labute approximate surface area is 88.1 Å². The van der Waals surface area contributed by atoms with E-state index < -0.39 is 20.1 Å². The van der Waals surface area contributed by atoms with Crippen LogP contribution in [0.25, 0.3) is 0 Å². The fourth-order valence-corrected chi connectivity index (χ4v) is 3.19. The highest BCUT2D eigenvalue weighted by Crippen LogP contribution is 2.64. The average molecular weight is 317 g/mol. The first-order chi connectivity index (χ1) is 5.72. The number of hydrogen-bond acceptors (Lipinski definition) is 3. The van der Waals surface area contributed by atoms with E-state index in [4.69, 9.17) is 26.3 Å². The van der Waals surface area contributed by atoms with Crippen molar-refractivity contribution in [2.24, 2.45) is 0 Å². The van der Waals surface area contributed by atoms with Gasteiger partial charge in [0.1, 0.15) is 0 Å². The molecule has 10 heteroatoms. The molecule has 2 atom stereocenters. The maximum absolute atomic E-state index is 11.0. The van der Waals surface area contributed by atoms with Gasteiger partial charge in [-0.3, -0.25) is 9.13 Å². The van der Waals surface area contributed by atoms with Gasteiger partial charge in [-0.2, -0.15) is 0 Å². The van der Waals surface area contributed by atoms with Gasteiger partial charge in [-0.15, -0.1) is 0 Å². The highest BCUT2D eigenvalue weighted by atomic mass is 79.9. The Morgan fingerprint density at radius 2 is 1.85 bits per heavy atom. The Balaban J connectivity index is 4.46. The second-order valence-electron chi connectivity index (χ2n) is 1.99. The van der Waals surface area contributed by atoms with Crippen molar-refractivity contribution >= 4 is 42.7 Å². The van der Waals surface area contributed by atoms with Crippen molar-refractivity contribution in [3.63, 3.8) is 0 Å². The lowest BCUT2D eigenvalue weighted by molar-refractivity contribution is 0.274. The van der Waals surface area contributed by atoms with Gasteiger partial charge in [0.25, 0.3) is 0 Å². The van der Waals surface area contributed by atoms with E-state index >= 15 is 0 Å². The van der Waals surface area contributed by atoms with E-state index in [9.17, 15) is 9.13 Å². The third-order valence-corrected chi connectivity index (χ3v) is 6.15. The molecular weight excluding hydrogens is 309 g/mol. The Morgan fingerprint density at radius 3 is 2.15 bits per heavy atom. The Kier molecular flexibility index (Phi) is 5.67. The zero-order valence-corrected chi connectivity index (χ0v) is 10.3. The molecule has 13 heavy (non-hydrogen) atoms. The molecule has 0 bridgehead atoms. The second-order valence-corrected chi connectivity index (χ2v) is 7.83. The van der Waals surface area contributed by atoms with Crippen LogP contribution in [-0.4, -0.2) is 31.5 Å². The molecule has 3 N–H and O–H groups in total. The third kappa shape index (κ3) is 4.91. The summed E-state index contributed by atoms with van der Waals surface area (Å²) in [6, 6.07) is 0. The van der Waals surface area contributed by atoms with Gasteiger partial charge in [0.2, 0.25) is 4.86 Å². The van der Waals surface area contributed by atoms with E-state index in [0.717, 1.165) is 0 Å². The van der Waals surface area contributed by atoms with Crippen molar-refractivity contribution in [1.29, 1.82) is 0 Å². The summed E-state index contributed by atoms with van der Waals surface area (Å²) >= 11 is 7.98. The summed E-state index contributed by atoms with van der Waals surface area (Å²) in [6.45, 7) is -0.156. The molecule has 6 nitrogen and oxygen atoms in total. The fraction of sp³-hybridized carbons (Fsp3) is 1.00. The normalized spacial score (nSPS) is 19.5. The lowest BCUT2D eigenvalue weighted by atomic mass is 10.9. The topological polar surface area (TPSA) is 104 Å². The summed E-state index contributed by atoms with van der Waals surface area (Å²) in [4.78, 5) is 23.7. The van der Waals surface area contributed by atoms with Crippen LogP contribution in [0.2, 0.25) is 0 Å². The Hall–Kier alpha value is 1.07. The zero-order chi connectivity index (χ0) is 10.7. The summed E-state index contributed by atoms with van der Waals surface area (Å²) in [5, 5.41) is 0.266. The monoisotopic (exact) mass is 316 g/mol. The SMILES string of the molecule is O=P(O)(O)C(Cl)P(=O)(O)OCCBr. The minimum atomic E-state index is -4.81. The maximum atomic E-state index is 11.0. The van der Waals surface area contributed by atoms with Crippen LogP contribution in [0.15, 0.2) is 0 Å². The Morgan fingerprint density at radius 1 is 1.38 bits per heavy atom. The van der Waals surface area contributed by atoms with Crippen molar-refractivity contribution in [3.8, 4) is 0 Å². The van der Waals surface area contributed by atoms with Gasteiger partial charge in [-0.05, 0) is 0 Å². The summed E-state index contributed by atoms with van der Waals surface area (Å²) in [5.74, 6) is 0. The fourth-order valence-electron chi connectivity index (χ4n) is 0.417. The standard InChI is InChI=1S/C3H8BrClO6P2/c4-1-2-11-13(9,10)3(5)12(6,7)8/h3H,1-2H2,(H,9,10)(H2,6,7,8). The molecule has 0 rings (SSSR count). The molecule has 0 fully saturated rings. The molecule has 0 spiro atoms. The van der Waals surface area contributed by atoms with Crippen molar-refractivity contribution in [1.82, 2.24) is 0 Å². The lowest BCUT2D eigenvalue weighted by Gasteiger charge is -2.17. The Bertz CT molecular complexity index is 252. The van der Waals surface area contributed by atoms with Gasteiger partial charge in [0, 0.05) is 5.33 Å². The first-order valence-electron chi connectivity index (χ1n) is 2.94. The number of alkyl halides is 2. The zero-order valence-electron chi connectivity index (χ0n) is 6.21. The van der Waals surface area contributed by atoms with Crippen LogP contribution in [0, 0.1) is 0 Å². The molecule has 80 valence electrons. The van der Waals surface area contributed by atoms with Crippen LogP contribution < -0.4 is 0 Å². The van der Waals surface area contributed by atoms with Crippen LogP contribution in [0.5, 0.6) is 0 Å². The molecule has 0 aromatic heterocycles. The molecular formula is C3H8BrClO6P2. The van der Waals surface area contributed by atoms with Gasteiger partial charge in [0.05, 0.1) is 6.61 Å². The summed E-state index contributed by atoms with van der Waals surface area (Å²) in [7, 11) is -9.26. The van der Waals surface area contributed by atoms with E-state index in [1.54, 1.807) is 0 Å². The number of halogens is 2. The molecule has 0 aromatic carbocycles. The van der Waals surface area contributed by atoms with E-state index in [1.165, 1.54) is 0 Å². The molecule has 0 aromatic rings. The summed E-state index contributed by atoms with van der Waals surface area (Å²) < 4.78 is 25.8. The molecule has 0 aliphatic heterocycles. The smallest absolute Gasteiger partial charge is 0.323 e. The quantitative estimate of drug-likeness (QED) is 0.521. The van der Waals surface area contributed by atoms with Gasteiger partial charge < -0.3 is 19.2 Å². The van der Waals surface area contributed by atoms with Gasteiger partial charge in [-0.25, -0.2) is 0 Å². The van der Waals surface area contributed by atoms with Crippen molar-refractivity contribution < 1.29 is 28.3 Å². The number of rotatable bonds is 5. The van der Waals surface area contributed by atoms with Crippen molar-refractivity contribution in [2.75, 3.05) is 11.9 Å². The van der Waals surface area contributed by atoms with Gasteiger partial charge in [-0.1, -0.05) is 27.5 Å². The van der Waals surface area contributed by atoms with Crippen LogP contribution in [0.1, 0.15) is 0 Å². The van der Waals surface area contributed by atoms with Crippen LogP contribution >= 0.6 is 42.7 Å². The van der Waals surface area contributed by atoms with E-state index in [2.05, 4.69) is 20.5 Å². The molecule has 0 saturated carbocycles. The summed E-state index contributed by atoms with van der Waals surface area (Å²) in [6.07, 6.45) is 0. The van der Waals surface area contributed by atoms with Crippen LogP contribution in [0.4, 0.5) is 0 Å². The summed E-state index contributed by atoms with van der Waals surface area (Å²) in [5.41, 5.74) is 0. The molecule has 0 aliphatic carbocycles. The molecule has 0 heterocycles. The van der Waals surface area contributed by atoms with Gasteiger partial charge in [0.15, 0.2) is 0 Å². The predicted molar refractivity (Wildman–Crippen MR) is 51.3 cm³/mol. The number of hydrogen-bond donors (Lipinski definition) is 3. The first kappa shape index (κ1) is 14.1. The van der Waals surface area contributed by atoms with Crippen molar-refractivity contribution in [3.05, 3.63) is 0 Å². The molecule has 0 saturated heterocycles. The third-order valence-electron chi connectivity index (χ3n) is 0.900. The molecule has 0 aliphatic rings. The second kappa shape index (κ2) is 5.24. The minimum absolute atomic E-state index is 0.156. The largest absolute Gasteiger partial charge is 0.358 e. The van der Waals surface area contributed by atoms with Crippen LogP contribution in [0.3, 0.4) is 0 Å². The van der Waals surface area contributed by atoms with Crippen LogP contribution in [-0.2, 0) is 13.7 Å². The van der Waals surface area contributed by atoms with Gasteiger partial charge >= 0.3 is 15.2 Å². The van der Waals surface area contributed by atoms with E-state index in [-0.39, 0.29) is 11.9 Å². The molecule has 0 radical (unpaired) electrons. The average Bonchev–Trinajstić information content (AvgIpc) is 1.98. The highest BCUT2D eigenvalue weighted by Gasteiger charge is 2.43.